The van der Waals surface area contributed by atoms with E-state index >= 15 is 0 Å². The van der Waals surface area contributed by atoms with E-state index in [1.54, 1.807) is 17.4 Å². The molecule has 150 valence electrons. The quantitative estimate of drug-likeness (QED) is 0.672. The van der Waals surface area contributed by atoms with Crippen LogP contribution < -0.4 is 10.6 Å². The van der Waals surface area contributed by atoms with Crippen LogP contribution in [0.2, 0.25) is 0 Å². The molecule has 0 aliphatic heterocycles. The second-order valence-corrected chi connectivity index (χ2v) is 9.34. The van der Waals surface area contributed by atoms with Crippen molar-refractivity contribution >= 4 is 45.8 Å². The molecule has 2 N–H and O–H groups in total. The molecule has 29 heavy (non-hydrogen) atoms. The van der Waals surface area contributed by atoms with Gasteiger partial charge in [-0.05, 0) is 54.7 Å². The van der Waals surface area contributed by atoms with Crippen molar-refractivity contribution in [1.82, 2.24) is 5.32 Å². The van der Waals surface area contributed by atoms with Gasteiger partial charge in [0, 0.05) is 28.8 Å². The molecule has 0 saturated heterocycles. The van der Waals surface area contributed by atoms with E-state index in [0.29, 0.717) is 42.3 Å². The molecule has 1 fully saturated rings. The number of thiophene rings is 2. The van der Waals surface area contributed by atoms with E-state index < -0.39 is 0 Å². The molecule has 1 unspecified atom stereocenters. The molecule has 2 aliphatic rings. The van der Waals surface area contributed by atoms with Crippen molar-refractivity contribution in [1.29, 1.82) is 5.26 Å². The molecular weight excluding hydrogens is 406 g/mol. The molecule has 2 amide bonds. The van der Waals surface area contributed by atoms with Crippen molar-refractivity contribution in [3.05, 3.63) is 44.5 Å². The van der Waals surface area contributed by atoms with Gasteiger partial charge in [0.05, 0.1) is 5.56 Å². The number of anilines is 1. The summed E-state index contributed by atoms with van der Waals surface area (Å²) in [6.45, 7) is 0.684. The van der Waals surface area contributed by atoms with Gasteiger partial charge < -0.3 is 15.4 Å². The standard InChI is InChI=1S/C21H21N3O3S2/c22-11-17-16-7-5-14(27-21(26)23-12-13-3-4-13)10-18(16)29-20(17)24-19(25)8-6-15-2-1-9-28-15/h1-2,6,8-9,13-14H,3-5,7,10,12H2,(H,23,26)(H,24,25)/b8-6+. The minimum atomic E-state index is -0.366. The highest BCUT2D eigenvalue weighted by molar-refractivity contribution is 7.16. The third kappa shape index (κ3) is 5.05. The average Bonchev–Trinajstić information content (AvgIpc) is 3.26. The molecule has 0 radical (unpaired) electrons. The molecule has 0 bridgehead atoms. The fourth-order valence-electron chi connectivity index (χ4n) is 3.30. The summed E-state index contributed by atoms with van der Waals surface area (Å²) < 4.78 is 5.55. The Labute approximate surface area is 177 Å². The lowest BCUT2D eigenvalue weighted by molar-refractivity contribution is -0.111. The Balaban J connectivity index is 1.38. The molecule has 2 aliphatic carbocycles. The first-order valence-corrected chi connectivity index (χ1v) is 11.3. The van der Waals surface area contributed by atoms with Gasteiger partial charge in [-0.3, -0.25) is 4.79 Å². The highest BCUT2D eigenvalue weighted by Gasteiger charge is 2.29. The van der Waals surface area contributed by atoms with Crippen molar-refractivity contribution in [3.8, 4) is 6.07 Å². The summed E-state index contributed by atoms with van der Waals surface area (Å²) in [6, 6.07) is 6.08. The maximum atomic E-state index is 12.3. The Kier molecular flexibility index (Phi) is 5.97. The molecule has 6 nitrogen and oxygen atoms in total. The highest BCUT2D eigenvalue weighted by Crippen LogP contribution is 2.38. The number of fused-ring (bicyclic) bond motifs is 1. The van der Waals surface area contributed by atoms with Gasteiger partial charge in [0.1, 0.15) is 17.2 Å². The van der Waals surface area contributed by atoms with E-state index in [4.69, 9.17) is 4.74 Å². The van der Waals surface area contributed by atoms with Gasteiger partial charge in [-0.2, -0.15) is 5.26 Å². The number of nitrogens with zero attached hydrogens (tertiary/aromatic N) is 1. The summed E-state index contributed by atoms with van der Waals surface area (Å²) in [5.41, 5.74) is 1.49. The van der Waals surface area contributed by atoms with E-state index in [1.807, 2.05) is 17.5 Å². The number of amides is 2. The smallest absolute Gasteiger partial charge is 0.407 e. The Morgan fingerprint density at radius 2 is 2.21 bits per heavy atom. The number of carbonyl (C=O) groups is 2. The number of nitriles is 1. The van der Waals surface area contributed by atoms with Crippen LogP contribution >= 0.6 is 22.7 Å². The first-order valence-electron chi connectivity index (χ1n) is 9.64. The van der Waals surface area contributed by atoms with Crippen molar-refractivity contribution < 1.29 is 14.3 Å². The average molecular weight is 428 g/mol. The van der Waals surface area contributed by atoms with Gasteiger partial charge in [0.25, 0.3) is 0 Å². The number of hydrogen-bond acceptors (Lipinski definition) is 6. The van der Waals surface area contributed by atoms with Crippen LogP contribution in [0.5, 0.6) is 0 Å². The maximum Gasteiger partial charge on any atom is 0.407 e. The van der Waals surface area contributed by atoms with Crippen molar-refractivity contribution in [2.45, 2.75) is 38.2 Å². The summed E-state index contributed by atoms with van der Waals surface area (Å²) >= 11 is 2.95. The largest absolute Gasteiger partial charge is 0.446 e. The number of alkyl carbamates (subject to hydrolysis) is 1. The lowest BCUT2D eigenvalue weighted by Crippen LogP contribution is -2.32. The lowest BCUT2D eigenvalue weighted by Gasteiger charge is -2.22. The Hall–Kier alpha value is -2.63. The summed E-state index contributed by atoms with van der Waals surface area (Å²) in [6.07, 6.45) is 6.94. The minimum Gasteiger partial charge on any atom is -0.446 e. The second-order valence-electron chi connectivity index (χ2n) is 7.25. The van der Waals surface area contributed by atoms with E-state index in [-0.39, 0.29) is 18.1 Å². The summed E-state index contributed by atoms with van der Waals surface area (Å²) in [4.78, 5) is 26.2. The number of carbonyl (C=O) groups excluding carboxylic acids is 2. The monoisotopic (exact) mass is 427 g/mol. The molecular formula is C21H21N3O3S2. The molecule has 1 saturated carbocycles. The summed E-state index contributed by atoms with van der Waals surface area (Å²) in [7, 11) is 0. The lowest BCUT2D eigenvalue weighted by atomic mass is 9.94. The fraction of sp³-hybridized carbons (Fsp3) is 0.381. The predicted molar refractivity (Wildman–Crippen MR) is 114 cm³/mol. The van der Waals surface area contributed by atoms with Crippen molar-refractivity contribution in [2.75, 3.05) is 11.9 Å². The normalized spacial score (nSPS) is 18.1. The first-order chi connectivity index (χ1) is 14.1. The molecule has 0 spiro atoms. The van der Waals surface area contributed by atoms with Gasteiger partial charge in [-0.25, -0.2) is 4.79 Å². The van der Waals surface area contributed by atoms with E-state index in [2.05, 4.69) is 16.7 Å². The molecule has 8 heteroatoms. The molecule has 2 heterocycles. The zero-order chi connectivity index (χ0) is 20.2. The number of rotatable bonds is 6. The number of nitrogens with one attached hydrogen (secondary N) is 2. The van der Waals surface area contributed by atoms with Crippen LogP contribution in [0.1, 0.15) is 40.1 Å². The van der Waals surface area contributed by atoms with Crippen LogP contribution in [0.25, 0.3) is 6.08 Å². The number of ether oxygens (including phenoxy) is 1. The van der Waals surface area contributed by atoms with E-state index in [0.717, 1.165) is 15.3 Å². The van der Waals surface area contributed by atoms with Gasteiger partial charge >= 0.3 is 6.09 Å². The van der Waals surface area contributed by atoms with Crippen molar-refractivity contribution in [2.24, 2.45) is 5.92 Å². The zero-order valence-electron chi connectivity index (χ0n) is 15.8. The van der Waals surface area contributed by atoms with Crippen LogP contribution in [0.15, 0.2) is 23.6 Å². The van der Waals surface area contributed by atoms with Crippen LogP contribution in [0.4, 0.5) is 9.80 Å². The number of hydrogen-bond donors (Lipinski definition) is 2. The third-order valence-corrected chi connectivity index (χ3v) is 7.02. The topological polar surface area (TPSA) is 91.2 Å². The zero-order valence-corrected chi connectivity index (χ0v) is 17.4. The van der Waals surface area contributed by atoms with E-state index in [1.165, 1.54) is 30.3 Å². The van der Waals surface area contributed by atoms with Gasteiger partial charge in [0.15, 0.2) is 0 Å². The predicted octanol–water partition coefficient (Wildman–Crippen LogP) is 4.33. The van der Waals surface area contributed by atoms with Crippen LogP contribution in [0.3, 0.4) is 0 Å². The van der Waals surface area contributed by atoms with Crippen molar-refractivity contribution in [3.63, 3.8) is 0 Å². The summed E-state index contributed by atoms with van der Waals surface area (Å²) in [5, 5.41) is 17.8. The van der Waals surface area contributed by atoms with Crippen LogP contribution in [0, 0.1) is 17.2 Å². The summed E-state index contributed by atoms with van der Waals surface area (Å²) in [5.74, 6) is 0.344. The van der Waals surface area contributed by atoms with E-state index in [9.17, 15) is 14.9 Å². The SMILES string of the molecule is N#Cc1c(NC(=O)/C=C/c2cccs2)sc2c1CCC(OC(=O)NCC1CC1)C2. The minimum absolute atomic E-state index is 0.200. The van der Waals surface area contributed by atoms with Gasteiger partial charge in [-0.1, -0.05) is 6.07 Å². The Bertz CT molecular complexity index is 968. The van der Waals surface area contributed by atoms with Crippen LogP contribution in [-0.2, 0) is 22.4 Å². The Morgan fingerprint density at radius 1 is 1.34 bits per heavy atom. The molecule has 0 aromatic carbocycles. The highest BCUT2D eigenvalue weighted by atomic mass is 32.1. The molecule has 2 aromatic rings. The molecule has 2 aromatic heterocycles. The van der Waals surface area contributed by atoms with Crippen LogP contribution in [-0.4, -0.2) is 24.6 Å². The fourth-order valence-corrected chi connectivity index (χ4v) is 5.19. The Morgan fingerprint density at radius 3 is 2.93 bits per heavy atom. The first kappa shape index (κ1) is 19.7. The second kappa shape index (κ2) is 8.80. The van der Waals surface area contributed by atoms with Gasteiger partial charge in [-0.15, -0.1) is 22.7 Å². The van der Waals surface area contributed by atoms with Gasteiger partial charge in [0.2, 0.25) is 5.91 Å². The molecule has 1 atom stereocenters. The third-order valence-electron chi connectivity index (χ3n) is 5.02. The maximum absolute atomic E-state index is 12.3. The molecule has 4 rings (SSSR count).